The number of benzene rings is 1. The molecule has 0 heterocycles. The molecule has 0 unspecified atom stereocenters. The van der Waals surface area contributed by atoms with E-state index >= 15 is 0 Å². The van der Waals surface area contributed by atoms with Crippen LogP contribution in [0.5, 0.6) is 0 Å². The van der Waals surface area contributed by atoms with Gasteiger partial charge < -0.3 is 14.9 Å². The summed E-state index contributed by atoms with van der Waals surface area (Å²) in [6, 6.07) is 9.70. The molecule has 1 aromatic rings. The van der Waals surface area contributed by atoms with Gasteiger partial charge in [0.05, 0.1) is 0 Å². The Bertz CT molecular complexity index is 418. The van der Waals surface area contributed by atoms with Crippen LogP contribution in [0, 0.1) is 0 Å². The highest BCUT2D eigenvalue weighted by Gasteiger charge is 2.14. The number of rotatable bonds is 6. The van der Waals surface area contributed by atoms with Crippen molar-refractivity contribution >= 4 is 12.0 Å². The zero-order valence-corrected chi connectivity index (χ0v) is 11.4. The van der Waals surface area contributed by atoms with Crippen molar-refractivity contribution in [2.24, 2.45) is 0 Å². The van der Waals surface area contributed by atoms with Crippen LogP contribution in [0.2, 0.25) is 0 Å². The van der Waals surface area contributed by atoms with Gasteiger partial charge in [-0.1, -0.05) is 30.3 Å². The maximum absolute atomic E-state index is 11.5. The van der Waals surface area contributed by atoms with Gasteiger partial charge in [0.25, 0.3) is 0 Å². The number of amides is 2. The van der Waals surface area contributed by atoms with E-state index in [0.29, 0.717) is 13.0 Å². The highest BCUT2D eigenvalue weighted by atomic mass is 16.4. The second kappa shape index (κ2) is 7.41. The van der Waals surface area contributed by atoms with Crippen LogP contribution in [0.1, 0.15) is 12.0 Å². The fraction of sp³-hybridized carbons (Fsp3) is 0.429. The minimum atomic E-state index is -0.984. The first-order valence-corrected chi connectivity index (χ1v) is 6.22. The van der Waals surface area contributed by atoms with Crippen LogP contribution in [-0.2, 0) is 11.2 Å². The predicted molar refractivity (Wildman–Crippen MR) is 73.1 cm³/mol. The smallest absolute Gasteiger partial charge is 0.407 e. The Morgan fingerprint density at radius 1 is 1.11 bits per heavy atom. The third kappa shape index (κ3) is 5.42. The summed E-state index contributed by atoms with van der Waals surface area (Å²) >= 11 is 0. The van der Waals surface area contributed by atoms with Gasteiger partial charge in [0.15, 0.2) is 0 Å². The molecule has 0 fully saturated rings. The van der Waals surface area contributed by atoms with Crippen molar-refractivity contribution in [1.29, 1.82) is 0 Å². The molecular weight excluding hydrogens is 244 g/mol. The minimum Gasteiger partial charge on any atom is -0.465 e. The molecule has 0 radical (unpaired) electrons. The van der Waals surface area contributed by atoms with Crippen molar-refractivity contribution in [3.8, 4) is 0 Å². The van der Waals surface area contributed by atoms with E-state index < -0.39 is 6.09 Å². The van der Waals surface area contributed by atoms with E-state index in [1.165, 1.54) is 9.80 Å². The van der Waals surface area contributed by atoms with Gasteiger partial charge in [-0.3, -0.25) is 4.79 Å². The fourth-order valence-corrected chi connectivity index (χ4v) is 1.67. The standard InChI is InChI=1S/C14H20N2O3/c1-15(2)13(17)9-11-16(14(18)19)10-8-12-6-4-3-5-7-12/h3-7H,8-11H2,1-2H3,(H,18,19). The molecule has 0 saturated carbocycles. The highest BCUT2D eigenvalue weighted by molar-refractivity contribution is 5.76. The van der Waals surface area contributed by atoms with Gasteiger partial charge in [0, 0.05) is 33.6 Å². The number of carbonyl (C=O) groups is 2. The van der Waals surface area contributed by atoms with E-state index in [9.17, 15) is 9.59 Å². The molecule has 0 bridgehead atoms. The van der Waals surface area contributed by atoms with E-state index in [1.807, 2.05) is 30.3 Å². The van der Waals surface area contributed by atoms with E-state index in [0.717, 1.165) is 5.56 Å². The second-order valence-electron chi connectivity index (χ2n) is 4.54. The first kappa shape index (κ1) is 15.0. The SMILES string of the molecule is CN(C)C(=O)CCN(CCc1ccccc1)C(=O)O. The molecule has 0 atom stereocenters. The van der Waals surface area contributed by atoms with E-state index in [-0.39, 0.29) is 18.9 Å². The molecule has 0 saturated heterocycles. The Balaban J connectivity index is 2.45. The average Bonchev–Trinajstić information content (AvgIpc) is 2.39. The fourth-order valence-electron chi connectivity index (χ4n) is 1.67. The molecule has 0 aromatic heterocycles. The summed E-state index contributed by atoms with van der Waals surface area (Å²) in [7, 11) is 3.33. The van der Waals surface area contributed by atoms with Crippen molar-refractivity contribution in [3.63, 3.8) is 0 Å². The van der Waals surface area contributed by atoms with Gasteiger partial charge in [-0.15, -0.1) is 0 Å². The lowest BCUT2D eigenvalue weighted by Gasteiger charge is -2.20. The van der Waals surface area contributed by atoms with Crippen LogP contribution in [0.25, 0.3) is 0 Å². The normalized spacial score (nSPS) is 10.0. The van der Waals surface area contributed by atoms with Crippen molar-refractivity contribution < 1.29 is 14.7 Å². The Kier molecular flexibility index (Phi) is 5.85. The largest absolute Gasteiger partial charge is 0.465 e. The minimum absolute atomic E-state index is 0.0639. The molecule has 0 aliphatic carbocycles. The van der Waals surface area contributed by atoms with Crippen LogP contribution in [-0.4, -0.2) is 54.1 Å². The van der Waals surface area contributed by atoms with Crippen LogP contribution in [0.3, 0.4) is 0 Å². The molecular formula is C14H20N2O3. The van der Waals surface area contributed by atoms with Gasteiger partial charge in [-0.05, 0) is 12.0 Å². The zero-order valence-electron chi connectivity index (χ0n) is 11.4. The molecule has 1 aromatic carbocycles. The monoisotopic (exact) mass is 264 g/mol. The molecule has 104 valence electrons. The van der Waals surface area contributed by atoms with Gasteiger partial charge in [0.2, 0.25) is 5.91 Å². The average molecular weight is 264 g/mol. The number of carbonyl (C=O) groups excluding carboxylic acids is 1. The topological polar surface area (TPSA) is 60.9 Å². The third-order valence-corrected chi connectivity index (χ3v) is 2.88. The van der Waals surface area contributed by atoms with Crippen molar-refractivity contribution in [3.05, 3.63) is 35.9 Å². The van der Waals surface area contributed by atoms with E-state index in [1.54, 1.807) is 14.1 Å². The molecule has 0 aliphatic heterocycles. The second-order valence-corrected chi connectivity index (χ2v) is 4.54. The summed E-state index contributed by atoms with van der Waals surface area (Å²) in [6.45, 7) is 0.638. The third-order valence-electron chi connectivity index (χ3n) is 2.88. The van der Waals surface area contributed by atoms with Crippen LogP contribution < -0.4 is 0 Å². The van der Waals surface area contributed by atoms with Gasteiger partial charge >= 0.3 is 6.09 Å². The maximum Gasteiger partial charge on any atom is 0.407 e. The predicted octanol–water partition coefficient (Wildman–Crippen LogP) is 1.69. The van der Waals surface area contributed by atoms with Crippen molar-refractivity contribution in [1.82, 2.24) is 9.80 Å². The summed E-state index contributed by atoms with van der Waals surface area (Å²) < 4.78 is 0. The Morgan fingerprint density at radius 2 is 1.74 bits per heavy atom. The first-order valence-electron chi connectivity index (χ1n) is 6.22. The summed E-state index contributed by atoms with van der Waals surface area (Å²) in [6.07, 6.45) is -0.111. The van der Waals surface area contributed by atoms with Gasteiger partial charge in [0.1, 0.15) is 0 Å². The number of carboxylic acid groups (broad SMARTS) is 1. The lowest BCUT2D eigenvalue weighted by Crippen LogP contribution is -2.35. The first-order chi connectivity index (χ1) is 9.00. The Labute approximate surface area is 113 Å². The molecule has 1 rings (SSSR count). The molecule has 0 aliphatic rings. The molecule has 1 N–H and O–H groups in total. The van der Waals surface area contributed by atoms with Crippen molar-refractivity contribution in [2.75, 3.05) is 27.2 Å². The number of hydrogen-bond acceptors (Lipinski definition) is 2. The molecule has 19 heavy (non-hydrogen) atoms. The van der Waals surface area contributed by atoms with Crippen LogP contribution >= 0.6 is 0 Å². The van der Waals surface area contributed by atoms with Crippen LogP contribution in [0.15, 0.2) is 30.3 Å². The van der Waals surface area contributed by atoms with Crippen molar-refractivity contribution in [2.45, 2.75) is 12.8 Å². The summed E-state index contributed by atoms with van der Waals surface area (Å²) in [5, 5.41) is 9.10. The van der Waals surface area contributed by atoms with Crippen LogP contribution in [0.4, 0.5) is 4.79 Å². The molecule has 5 heteroatoms. The summed E-state index contributed by atoms with van der Waals surface area (Å²) in [5.74, 6) is -0.0639. The molecule has 5 nitrogen and oxygen atoms in total. The number of hydrogen-bond donors (Lipinski definition) is 1. The Hall–Kier alpha value is -2.04. The van der Waals surface area contributed by atoms with Gasteiger partial charge in [-0.2, -0.15) is 0 Å². The van der Waals surface area contributed by atoms with E-state index in [2.05, 4.69) is 0 Å². The number of nitrogens with zero attached hydrogens (tertiary/aromatic N) is 2. The summed E-state index contributed by atoms with van der Waals surface area (Å²) in [5.41, 5.74) is 1.09. The lowest BCUT2D eigenvalue weighted by atomic mass is 10.1. The maximum atomic E-state index is 11.5. The summed E-state index contributed by atoms with van der Waals surface area (Å²) in [4.78, 5) is 25.3. The zero-order chi connectivity index (χ0) is 14.3. The molecule has 0 spiro atoms. The Morgan fingerprint density at radius 3 is 2.26 bits per heavy atom. The molecule has 2 amide bonds. The van der Waals surface area contributed by atoms with Gasteiger partial charge in [-0.25, -0.2) is 4.79 Å². The lowest BCUT2D eigenvalue weighted by molar-refractivity contribution is -0.128. The highest BCUT2D eigenvalue weighted by Crippen LogP contribution is 2.03. The van der Waals surface area contributed by atoms with E-state index in [4.69, 9.17) is 5.11 Å². The quantitative estimate of drug-likeness (QED) is 0.850.